The summed E-state index contributed by atoms with van der Waals surface area (Å²) in [6.07, 6.45) is 4.74. The average molecular weight is 233 g/mol. The normalized spacial score (nSPS) is 11.8. The Morgan fingerprint density at radius 2 is 2.35 bits per heavy atom. The van der Waals surface area contributed by atoms with E-state index in [4.69, 9.17) is 15.7 Å². The largest absolute Gasteiger partial charge is 0.492 e. The fraction of sp³-hybridized carbons (Fsp3) is 0.538. The summed E-state index contributed by atoms with van der Waals surface area (Å²) in [6, 6.07) is 6.09. The second-order valence-corrected chi connectivity index (χ2v) is 3.97. The molecule has 0 bridgehead atoms. The van der Waals surface area contributed by atoms with Crippen LogP contribution < -0.4 is 10.5 Å². The van der Waals surface area contributed by atoms with E-state index in [1.165, 1.54) is 0 Å². The smallest absolute Gasteiger partial charge is 0.137 e. The highest BCUT2D eigenvalue weighted by atomic mass is 16.5. The van der Waals surface area contributed by atoms with Gasteiger partial charge in [0.25, 0.3) is 0 Å². The summed E-state index contributed by atoms with van der Waals surface area (Å²) < 4.78 is 5.45. The number of rotatable bonds is 7. The molecule has 1 aromatic rings. The van der Waals surface area contributed by atoms with Crippen LogP contribution in [0.15, 0.2) is 18.3 Å². The van der Waals surface area contributed by atoms with Gasteiger partial charge in [-0.2, -0.15) is 5.26 Å². The third-order valence-electron chi connectivity index (χ3n) is 2.49. The summed E-state index contributed by atoms with van der Waals surface area (Å²) in [7, 11) is 0. The molecule has 0 fully saturated rings. The van der Waals surface area contributed by atoms with Crippen molar-refractivity contribution in [3.8, 4) is 11.8 Å². The van der Waals surface area contributed by atoms with E-state index in [9.17, 15) is 0 Å². The minimum atomic E-state index is 0.171. The zero-order valence-electron chi connectivity index (χ0n) is 10.2. The van der Waals surface area contributed by atoms with Crippen molar-refractivity contribution in [2.75, 3.05) is 6.61 Å². The topological polar surface area (TPSA) is 71.9 Å². The number of unbranched alkanes of at least 4 members (excludes halogenated alkanes) is 1. The van der Waals surface area contributed by atoms with Crippen LogP contribution in [0.3, 0.4) is 0 Å². The van der Waals surface area contributed by atoms with Crippen LogP contribution in [0.25, 0.3) is 0 Å². The van der Waals surface area contributed by atoms with Gasteiger partial charge in [0.05, 0.1) is 18.9 Å². The van der Waals surface area contributed by atoms with Gasteiger partial charge in [-0.25, -0.2) is 0 Å². The Hall–Kier alpha value is -1.60. The lowest BCUT2D eigenvalue weighted by atomic mass is 10.1. The molecule has 0 aliphatic rings. The lowest BCUT2D eigenvalue weighted by molar-refractivity contribution is 0.311. The van der Waals surface area contributed by atoms with Gasteiger partial charge in [0.15, 0.2) is 0 Å². The highest BCUT2D eigenvalue weighted by Gasteiger charge is 2.02. The molecule has 0 aliphatic heterocycles. The molecular weight excluding hydrogens is 214 g/mol. The number of ether oxygens (including phenoxy) is 1. The zero-order valence-corrected chi connectivity index (χ0v) is 10.2. The first kappa shape index (κ1) is 13.5. The van der Waals surface area contributed by atoms with Crippen LogP contribution in [-0.2, 0) is 6.42 Å². The second kappa shape index (κ2) is 7.64. The first-order valence-electron chi connectivity index (χ1n) is 5.96. The number of aromatic nitrogens is 1. The highest BCUT2D eigenvalue weighted by molar-refractivity contribution is 5.20. The van der Waals surface area contributed by atoms with Gasteiger partial charge in [-0.3, -0.25) is 4.98 Å². The lowest BCUT2D eigenvalue weighted by Gasteiger charge is -2.09. The summed E-state index contributed by atoms with van der Waals surface area (Å²) in [5.74, 6) is 0.747. The van der Waals surface area contributed by atoms with E-state index in [1.807, 2.05) is 12.1 Å². The maximum Gasteiger partial charge on any atom is 0.137 e. The van der Waals surface area contributed by atoms with Gasteiger partial charge in [-0.05, 0) is 25.0 Å². The molecule has 0 spiro atoms. The van der Waals surface area contributed by atoms with Gasteiger partial charge in [-0.1, -0.05) is 6.92 Å². The van der Waals surface area contributed by atoms with Gasteiger partial charge < -0.3 is 10.5 Å². The van der Waals surface area contributed by atoms with Crippen molar-refractivity contribution in [3.05, 3.63) is 24.0 Å². The third-order valence-corrected chi connectivity index (χ3v) is 2.49. The Bertz CT molecular complexity index is 356. The summed E-state index contributed by atoms with van der Waals surface area (Å²) >= 11 is 0. The Labute approximate surface area is 102 Å². The molecule has 0 saturated heterocycles. The molecule has 4 nitrogen and oxygen atoms in total. The Morgan fingerprint density at radius 1 is 1.53 bits per heavy atom. The van der Waals surface area contributed by atoms with E-state index >= 15 is 0 Å². The monoisotopic (exact) mass is 233 g/mol. The molecule has 0 radical (unpaired) electrons. The molecule has 0 aromatic carbocycles. The van der Waals surface area contributed by atoms with Crippen molar-refractivity contribution in [2.45, 2.75) is 38.6 Å². The molecule has 2 N–H and O–H groups in total. The van der Waals surface area contributed by atoms with Crippen molar-refractivity contribution in [1.29, 1.82) is 5.26 Å². The number of pyridine rings is 1. The van der Waals surface area contributed by atoms with Crippen molar-refractivity contribution < 1.29 is 4.74 Å². The maximum absolute atomic E-state index is 8.38. The molecular formula is C13H19N3O. The molecule has 0 aliphatic carbocycles. The lowest BCUT2D eigenvalue weighted by Crippen LogP contribution is -2.21. The van der Waals surface area contributed by atoms with Gasteiger partial charge in [0.1, 0.15) is 5.75 Å². The van der Waals surface area contributed by atoms with Gasteiger partial charge in [0, 0.05) is 24.6 Å². The first-order chi connectivity index (χ1) is 8.26. The summed E-state index contributed by atoms with van der Waals surface area (Å²) in [5.41, 5.74) is 6.84. The molecule has 17 heavy (non-hydrogen) atoms. The number of hydrogen-bond donors (Lipinski definition) is 1. The summed E-state index contributed by atoms with van der Waals surface area (Å²) in [6.45, 7) is 2.63. The Kier molecular flexibility index (Phi) is 6.05. The van der Waals surface area contributed by atoms with E-state index in [-0.39, 0.29) is 6.04 Å². The number of nitriles is 1. The van der Waals surface area contributed by atoms with E-state index in [2.05, 4.69) is 18.0 Å². The predicted molar refractivity (Wildman–Crippen MR) is 66.5 cm³/mol. The van der Waals surface area contributed by atoms with Crippen LogP contribution in [-0.4, -0.2) is 17.6 Å². The van der Waals surface area contributed by atoms with Crippen LogP contribution in [0.1, 0.15) is 31.9 Å². The van der Waals surface area contributed by atoms with Crippen LogP contribution in [0.5, 0.6) is 5.75 Å². The molecule has 4 heteroatoms. The molecule has 1 rings (SSSR count). The fourth-order valence-corrected chi connectivity index (χ4v) is 1.37. The molecule has 92 valence electrons. The standard InChI is InChI=1S/C13H19N3O/c1-2-11(15)9-12-5-6-13(10-16-12)17-8-4-3-7-14/h5-6,10-11H,2-4,8-9,15H2,1H3. The molecule has 1 aromatic heterocycles. The SMILES string of the molecule is CCC(N)Cc1ccc(OCCCC#N)cn1. The highest BCUT2D eigenvalue weighted by Crippen LogP contribution is 2.11. The van der Waals surface area contributed by atoms with Gasteiger partial charge in [-0.15, -0.1) is 0 Å². The second-order valence-electron chi connectivity index (χ2n) is 3.97. The zero-order chi connectivity index (χ0) is 12.5. The quantitative estimate of drug-likeness (QED) is 0.731. The van der Waals surface area contributed by atoms with Crippen molar-refractivity contribution in [2.24, 2.45) is 5.73 Å². The fourth-order valence-electron chi connectivity index (χ4n) is 1.37. The molecule has 0 saturated carbocycles. The molecule has 1 heterocycles. The van der Waals surface area contributed by atoms with Crippen LogP contribution in [0.2, 0.25) is 0 Å². The Morgan fingerprint density at radius 3 is 2.94 bits per heavy atom. The number of nitrogens with zero attached hydrogens (tertiary/aromatic N) is 2. The van der Waals surface area contributed by atoms with Crippen molar-refractivity contribution in [1.82, 2.24) is 4.98 Å². The first-order valence-corrected chi connectivity index (χ1v) is 5.96. The van der Waals surface area contributed by atoms with Crippen LogP contribution in [0, 0.1) is 11.3 Å². The van der Waals surface area contributed by atoms with Gasteiger partial charge in [0.2, 0.25) is 0 Å². The van der Waals surface area contributed by atoms with Crippen molar-refractivity contribution >= 4 is 0 Å². The predicted octanol–water partition coefficient (Wildman–Crippen LogP) is 2.04. The number of hydrogen-bond acceptors (Lipinski definition) is 4. The van der Waals surface area contributed by atoms with E-state index in [0.717, 1.165) is 30.7 Å². The average Bonchev–Trinajstić information content (AvgIpc) is 2.36. The van der Waals surface area contributed by atoms with E-state index in [1.54, 1.807) is 6.20 Å². The molecule has 0 amide bonds. The van der Waals surface area contributed by atoms with Crippen LogP contribution >= 0.6 is 0 Å². The molecule has 1 atom stereocenters. The summed E-state index contributed by atoms with van der Waals surface area (Å²) in [5, 5.41) is 8.38. The van der Waals surface area contributed by atoms with Crippen molar-refractivity contribution in [3.63, 3.8) is 0 Å². The number of nitrogens with two attached hydrogens (primary N) is 1. The van der Waals surface area contributed by atoms with E-state index < -0.39 is 0 Å². The van der Waals surface area contributed by atoms with Crippen LogP contribution in [0.4, 0.5) is 0 Å². The minimum absolute atomic E-state index is 0.171. The van der Waals surface area contributed by atoms with E-state index in [0.29, 0.717) is 13.0 Å². The minimum Gasteiger partial charge on any atom is -0.492 e. The third kappa shape index (κ3) is 5.32. The summed E-state index contributed by atoms with van der Waals surface area (Å²) in [4.78, 5) is 4.30. The maximum atomic E-state index is 8.38. The molecule has 1 unspecified atom stereocenters. The Balaban J connectivity index is 2.37. The van der Waals surface area contributed by atoms with Gasteiger partial charge >= 0.3 is 0 Å².